The third-order valence-electron chi connectivity index (χ3n) is 4.43. The highest BCUT2D eigenvalue weighted by atomic mass is 35.5. The first-order valence-electron chi connectivity index (χ1n) is 8.59. The molecule has 0 radical (unpaired) electrons. The van der Waals surface area contributed by atoms with Crippen molar-refractivity contribution in [1.82, 2.24) is 14.8 Å². The molecular weight excluding hydrogens is 368 g/mol. The van der Waals surface area contributed by atoms with Crippen molar-refractivity contribution < 1.29 is 14.3 Å². The zero-order chi connectivity index (χ0) is 19.4. The lowest BCUT2D eigenvalue weighted by Gasteiger charge is -2.34. The van der Waals surface area contributed by atoms with E-state index in [-0.39, 0.29) is 11.8 Å². The molecule has 0 atom stereocenters. The number of carbonyl (C=O) groups is 2. The third-order valence-corrected chi connectivity index (χ3v) is 4.73. The Labute approximate surface area is 162 Å². The fourth-order valence-corrected chi connectivity index (χ4v) is 3.18. The van der Waals surface area contributed by atoms with Crippen molar-refractivity contribution in [2.24, 2.45) is 0 Å². The summed E-state index contributed by atoms with van der Waals surface area (Å²) in [4.78, 5) is 31.8. The zero-order valence-electron chi connectivity index (χ0n) is 15.2. The highest BCUT2D eigenvalue weighted by Gasteiger charge is 2.24. The lowest BCUT2D eigenvalue weighted by molar-refractivity contribution is -0.130. The largest absolute Gasteiger partial charge is 0.495 e. The maximum Gasteiger partial charge on any atom is 0.272 e. The van der Waals surface area contributed by atoms with Gasteiger partial charge in [0.2, 0.25) is 5.91 Å². The number of hydrogen-bond acceptors (Lipinski definition) is 5. The second kappa shape index (κ2) is 8.26. The molecule has 0 bridgehead atoms. The molecule has 1 N–H and O–H groups in total. The highest BCUT2D eigenvalue weighted by Crippen LogP contribution is 2.28. The van der Waals surface area contributed by atoms with E-state index in [9.17, 15) is 9.59 Å². The smallest absolute Gasteiger partial charge is 0.272 e. The molecule has 1 aromatic carbocycles. The van der Waals surface area contributed by atoms with Gasteiger partial charge in [0, 0.05) is 50.7 Å². The average Bonchev–Trinajstić information content (AvgIpc) is 2.68. The standard InChI is InChI=1S/C19H21ClN4O3/c1-13(25)23-7-9-24(10-8-23)19(26)17-12-15(5-6-21-17)22-14-3-4-18(27-2)16(20)11-14/h3-6,11-12H,7-10H2,1-2H3,(H,21,22). The number of nitrogens with one attached hydrogen (secondary N) is 1. The molecule has 1 fully saturated rings. The summed E-state index contributed by atoms with van der Waals surface area (Å²) in [7, 11) is 1.56. The third kappa shape index (κ3) is 4.49. The van der Waals surface area contributed by atoms with Crippen LogP contribution in [0.1, 0.15) is 17.4 Å². The topological polar surface area (TPSA) is 74.8 Å². The summed E-state index contributed by atoms with van der Waals surface area (Å²) < 4.78 is 5.15. The summed E-state index contributed by atoms with van der Waals surface area (Å²) in [5.74, 6) is 0.483. The normalized spacial score (nSPS) is 14.0. The highest BCUT2D eigenvalue weighted by molar-refractivity contribution is 6.32. The molecule has 142 valence electrons. The molecule has 8 heteroatoms. The van der Waals surface area contributed by atoms with Gasteiger partial charge >= 0.3 is 0 Å². The summed E-state index contributed by atoms with van der Waals surface area (Å²) in [6, 6.07) is 8.85. The number of rotatable bonds is 4. The van der Waals surface area contributed by atoms with Crippen molar-refractivity contribution >= 4 is 34.8 Å². The summed E-state index contributed by atoms with van der Waals surface area (Å²) >= 11 is 6.15. The number of hydrogen-bond donors (Lipinski definition) is 1. The fraction of sp³-hybridized carbons (Fsp3) is 0.316. The number of ether oxygens (including phenoxy) is 1. The molecule has 7 nitrogen and oxygen atoms in total. The van der Waals surface area contributed by atoms with Crippen molar-refractivity contribution in [3.05, 3.63) is 47.2 Å². The predicted molar refractivity (Wildman–Crippen MR) is 104 cm³/mol. The number of nitrogens with zero attached hydrogens (tertiary/aromatic N) is 3. The van der Waals surface area contributed by atoms with Crippen LogP contribution in [-0.2, 0) is 4.79 Å². The van der Waals surface area contributed by atoms with Crippen LogP contribution >= 0.6 is 11.6 Å². The number of aromatic nitrogens is 1. The Bertz CT molecular complexity index is 851. The lowest BCUT2D eigenvalue weighted by Crippen LogP contribution is -2.50. The van der Waals surface area contributed by atoms with Gasteiger partial charge in [0.15, 0.2) is 0 Å². The van der Waals surface area contributed by atoms with Crippen LogP contribution in [0.15, 0.2) is 36.5 Å². The molecule has 1 aliphatic heterocycles. The van der Waals surface area contributed by atoms with Gasteiger partial charge in [0.05, 0.1) is 12.1 Å². The number of pyridine rings is 1. The molecule has 0 unspecified atom stereocenters. The molecule has 1 saturated heterocycles. The molecule has 27 heavy (non-hydrogen) atoms. The summed E-state index contributed by atoms with van der Waals surface area (Å²) in [6.45, 7) is 3.64. The van der Waals surface area contributed by atoms with Crippen LogP contribution in [0.25, 0.3) is 0 Å². The zero-order valence-corrected chi connectivity index (χ0v) is 16.0. The first kappa shape index (κ1) is 19.0. The van der Waals surface area contributed by atoms with Gasteiger partial charge in [0.25, 0.3) is 5.91 Å². The Morgan fingerprint density at radius 2 is 1.74 bits per heavy atom. The Hall–Kier alpha value is -2.80. The van der Waals surface area contributed by atoms with E-state index in [1.807, 2.05) is 6.07 Å². The van der Waals surface area contributed by atoms with E-state index in [1.165, 1.54) is 0 Å². The summed E-state index contributed by atoms with van der Waals surface area (Å²) in [5.41, 5.74) is 1.87. The number of piperazine rings is 1. The number of halogens is 1. The van der Waals surface area contributed by atoms with Crippen molar-refractivity contribution in [3.8, 4) is 5.75 Å². The molecule has 3 rings (SSSR count). The van der Waals surface area contributed by atoms with E-state index < -0.39 is 0 Å². The Morgan fingerprint density at radius 1 is 1.07 bits per heavy atom. The predicted octanol–water partition coefficient (Wildman–Crippen LogP) is 2.79. The SMILES string of the molecule is COc1ccc(Nc2ccnc(C(=O)N3CCN(C(C)=O)CC3)c2)cc1Cl. The van der Waals surface area contributed by atoms with E-state index in [4.69, 9.17) is 16.3 Å². The summed E-state index contributed by atoms with van der Waals surface area (Å²) in [5, 5.41) is 3.71. The van der Waals surface area contributed by atoms with Gasteiger partial charge in [-0.25, -0.2) is 0 Å². The first-order chi connectivity index (χ1) is 13.0. The van der Waals surface area contributed by atoms with Crippen LogP contribution in [-0.4, -0.2) is 59.9 Å². The van der Waals surface area contributed by atoms with Crippen LogP contribution < -0.4 is 10.1 Å². The van der Waals surface area contributed by atoms with Gasteiger partial charge in [-0.2, -0.15) is 0 Å². The molecule has 1 aromatic heterocycles. The van der Waals surface area contributed by atoms with Crippen molar-refractivity contribution in [2.75, 3.05) is 38.6 Å². The van der Waals surface area contributed by atoms with Crippen LogP contribution in [0.5, 0.6) is 5.75 Å². The minimum atomic E-state index is -0.144. The van der Waals surface area contributed by atoms with Crippen molar-refractivity contribution in [1.29, 1.82) is 0 Å². The van der Waals surface area contributed by atoms with Crippen molar-refractivity contribution in [2.45, 2.75) is 6.92 Å². The second-order valence-corrected chi connectivity index (χ2v) is 6.61. The molecule has 0 saturated carbocycles. The van der Waals surface area contributed by atoms with Gasteiger partial charge < -0.3 is 19.9 Å². The first-order valence-corrected chi connectivity index (χ1v) is 8.97. The van der Waals surface area contributed by atoms with E-state index in [1.54, 1.807) is 54.3 Å². The fourth-order valence-electron chi connectivity index (χ4n) is 2.92. The van der Waals surface area contributed by atoms with E-state index >= 15 is 0 Å². The van der Waals surface area contributed by atoms with Gasteiger partial charge in [-0.05, 0) is 30.3 Å². The minimum Gasteiger partial charge on any atom is -0.495 e. The second-order valence-electron chi connectivity index (χ2n) is 6.20. The monoisotopic (exact) mass is 388 g/mol. The van der Waals surface area contributed by atoms with Crippen LogP contribution in [0.4, 0.5) is 11.4 Å². The van der Waals surface area contributed by atoms with Crippen LogP contribution in [0.3, 0.4) is 0 Å². The van der Waals surface area contributed by atoms with Crippen molar-refractivity contribution in [3.63, 3.8) is 0 Å². The number of amides is 2. The minimum absolute atomic E-state index is 0.0320. The van der Waals surface area contributed by atoms with E-state index in [0.717, 1.165) is 11.4 Å². The number of benzene rings is 1. The lowest BCUT2D eigenvalue weighted by atomic mass is 10.2. The summed E-state index contributed by atoms with van der Waals surface area (Å²) in [6.07, 6.45) is 1.59. The number of anilines is 2. The maximum absolute atomic E-state index is 12.7. The van der Waals surface area contributed by atoms with Gasteiger partial charge in [-0.1, -0.05) is 11.6 Å². The molecule has 2 aromatic rings. The van der Waals surface area contributed by atoms with Gasteiger partial charge in [-0.15, -0.1) is 0 Å². The molecular formula is C19H21ClN4O3. The van der Waals surface area contributed by atoms with E-state index in [0.29, 0.717) is 42.6 Å². The Morgan fingerprint density at radius 3 is 2.37 bits per heavy atom. The van der Waals surface area contributed by atoms with Gasteiger partial charge in [-0.3, -0.25) is 14.6 Å². The molecule has 1 aliphatic rings. The molecule has 2 amide bonds. The molecule has 0 spiro atoms. The quantitative estimate of drug-likeness (QED) is 0.871. The Kier molecular flexibility index (Phi) is 5.81. The molecule has 2 heterocycles. The van der Waals surface area contributed by atoms with Crippen LogP contribution in [0, 0.1) is 0 Å². The number of methoxy groups -OCH3 is 1. The average molecular weight is 389 g/mol. The van der Waals surface area contributed by atoms with Gasteiger partial charge in [0.1, 0.15) is 11.4 Å². The maximum atomic E-state index is 12.7. The number of carbonyl (C=O) groups excluding carboxylic acids is 2. The Balaban J connectivity index is 1.69. The molecule has 0 aliphatic carbocycles. The van der Waals surface area contributed by atoms with E-state index in [2.05, 4.69) is 10.3 Å². The van der Waals surface area contributed by atoms with Crippen LogP contribution in [0.2, 0.25) is 5.02 Å².